The van der Waals surface area contributed by atoms with Crippen LogP contribution < -0.4 is 4.74 Å². The number of allylic oxidation sites excluding steroid dienone is 1. The molecule has 0 atom stereocenters. The van der Waals surface area contributed by atoms with E-state index in [-0.39, 0.29) is 0 Å². The lowest BCUT2D eigenvalue weighted by molar-refractivity contribution is 0.301. The van der Waals surface area contributed by atoms with E-state index in [1.807, 2.05) is 67.6 Å². The van der Waals surface area contributed by atoms with Crippen molar-refractivity contribution >= 4 is 83.8 Å². The summed E-state index contributed by atoms with van der Waals surface area (Å²) in [5.41, 5.74) is 5.44. The van der Waals surface area contributed by atoms with Gasteiger partial charge in [0.05, 0.1) is 23.7 Å². The molecule has 31 heavy (non-hydrogen) atoms. The van der Waals surface area contributed by atoms with Crippen molar-refractivity contribution in [1.82, 2.24) is 9.97 Å². The molecule has 0 saturated carbocycles. The number of hydrogen-bond acceptors (Lipinski definition) is 3. The lowest BCUT2D eigenvalue weighted by atomic mass is 10.1. The molecule has 0 saturated heterocycles. The highest BCUT2D eigenvalue weighted by Crippen LogP contribution is 2.31. The number of hydrogen-bond donors (Lipinski definition) is 1. The SMILES string of the molecule is Cc1ccc2nc(/C(C#N)=C\c3cc(I)c(OCc4ccc(Br)cc4)c(I)c3)[nH]c2c1. The Labute approximate surface area is 216 Å². The minimum atomic E-state index is 0.490. The lowest BCUT2D eigenvalue weighted by Crippen LogP contribution is -1.99. The number of rotatable bonds is 5. The van der Waals surface area contributed by atoms with Crippen molar-refractivity contribution in [2.45, 2.75) is 13.5 Å². The topological polar surface area (TPSA) is 61.7 Å². The van der Waals surface area contributed by atoms with E-state index in [4.69, 9.17) is 4.74 Å². The molecule has 0 aliphatic rings. The summed E-state index contributed by atoms with van der Waals surface area (Å²) in [5.74, 6) is 1.42. The predicted molar refractivity (Wildman–Crippen MR) is 145 cm³/mol. The summed E-state index contributed by atoms with van der Waals surface area (Å²) >= 11 is 8.00. The van der Waals surface area contributed by atoms with Crippen molar-refractivity contribution < 1.29 is 4.74 Å². The van der Waals surface area contributed by atoms with E-state index in [1.54, 1.807) is 0 Å². The number of aromatic nitrogens is 2. The zero-order valence-electron chi connectivity index (χ0n) is 16.4. The van der Waals surface area contributed by atoms with Crippen molar-refractivity contribution in [3.05, 3.63) is 88.7 Å². The molecule has 0 aliphatic carbocycles. The summed E-state index contributed by atoms with van der Waals surface area (Å²) in [4.78, 5) is 7.83. The van der Waals surface area contributed by atoms with Crippen LogP contribution >= 0.6 is 61.1 Å². The molecule has 0 spiro atoms. The lowest BCUT2D eigenvalue weighted by Gasteiger charge is -2.12. The number of ether oxygens (including phenoxy) is 1. The zero-order valence-corrected chi connectivity index (χ0v) is 22.3. The molecule has 4 nitrogen and oxygen atoms in total. The monoisotopic (exact) mass is 695 g/mol. The van der Waals surface area contributed by atoms with Crippen LogP contribution in [0.5, 0.6) is 5.75 Å². The quantitative estimate of drug-likeness (QED) is 0.174. The van der Waals surface area contributed by atoms with Crippen LogP contribution in [0.3, 0.4) is 0 Å². The van der Waals surface area contributed by atoms with Gasteiger partial charge in [-0.3, -0.25) is 0 Å². The zero-order chi connectivity index (χ0) is 22.0. The highest BCUT2D eigenvalue weighted by atomic mass is 127. The third kappa shape index (κ3) is 5.30. The standard InChI is InChI=1S/C24H16BrI2N3O/c1-14-2-7-21-22(8-14)30-24(29-21)17(12-28)9-16-10-19(26)23(20(27)11-16)31-13-15-3-5-18(25)6-4-15/h2-11H,13H2,1H3,(H,29,30)/b17-9-. The largest absolute Gasteiger partial charge is 0.487 e. The van der Waals surface area contributed by atoms with E-state index in [9.17, 15) is 5.26 Å². The molecule has 1 aromatic heterocycles. The third-order valence-electron chi connectivity index (χ3n) is 4.64. The Bertz CT molecular complexity index is 1310. The summed E-state index contributed by atoms with van der Waals surface area (Å²) in [5, 5.41) is 9.73. The highest BCUT2D eigenvalue weighted by molar-refractivity contribution is 14.1. The molecule has 0 aliphatic heterocycles. The number of benzene rings is 3. The molecule has 0 bridgehead atoms. The molecular formula is C24H16BrI2N3O. The van der Waals surface area contributed by atoms with Crippen LogP contribution in [0.25, 0.3) is 22.7 Å². The number of nitriles is 1. The number of aromatic amines is 1. The summed E-state index contributed by atoms with van der Waals surface area (Å²) < 4.78 is 9.11. The Morgan fingerprint density at radius 2 is 1.84 bits per heavy atom. The van der Waals surface area contributed by atoms with E-state index in [1.165, 1.54) is 0 Å². The van der Waals surface area contributed by atoms with Gasteiger partial charge in [0, 0.05) is 4.47 Å². The Balaban J connectivity index is 1.60. The average Bonchev–Trinajstić information content (AvgIpc) is 3.15. The predicted octanol–water partition coefficient (Wildman–Crippen LogP) is 7.49. The Morgan fingerprint density at radius 1 is 1.13 bits per heavy atom. The molecule has 7 heteroatoms. The molecule has 4 aromatic rings. The van der Waals surface area contributed by atoms with Gasteiger partial charge in [-0.25, -0.2) is 4.98 Å². The first-order valence-electron chi connectivity index (χ1n) is 9.38. The van der Waals surface area contributed by atoms with Gasteiger partial charge in [-0.15, -0.1) is 0 Å². The Morgan fingerprint density at radius 3 is 2.52 bits per heavy atom. The molecule has 1 heterocycles. The maximum atomic E-state index is 9.73. The van der Waals surface area contributed by atoms with Crippen molar-refractivity contribution in [2.24, 2.45) is 0 Å². The maximum absolute atomic E-state index is 9.73. The first-order chi connectivity index (χ1) is 14.9. The van der Waals surface area contributed by atoms with E-state index < -0.39 is 0 Å². The van der Waals surface area contributed by atoms with Gasteiger partial charge in [0.15, 0.2) is 0 Å². The first kappa shape index (κ1) is 22.3. The van der Waals surface area contributed by atoms with Gasteiger partial charge in [0.25, 0.3) is 0 Å². The number of nitrogens with zero attached hydrogens (tertiary/aromatic N) is 2. The Hall–Kier alpha value is -1.90. The number of halogens is 3. The molecule has 0 unspecified atom stereocenters. The van der Waals surface area contributed by atoms with Gasteiger partial charge in [-0.05, 0) is 111 Å². The van der Waals surface area contributed by atoms with Crippen LogP contribution in [0.1, 0.15) is 22.5 Å². The maximum Gasteiger partial charge on any atom is 0.149 e. The van der Waals surface area contributed by atoms with Crippen LogP contribution in [-0.4, -0.2) is 9.97 Å². The molecular weight excluding hydrogens is 680 g/mol. The van der Waals surface area contributed by atoms with Gasteiger partial charge >= 0.3 is 0 Å². The second kappa shape index (κ2) is 9.71. The minimum absolute atomic E-state index is 0.490. The fourth-order valence-corrected chi connectivity index (χ4v) is 5.50. The second-order valence-corrected chi connectivity index (χ2v) is 10.2. The van der Waals surface area contributed by atoms with Gasteiger partial charge < -0.3 is 9.72 Å². The van der Waals surface area contributed by atoms with E-state index >= 15 is 0 Å². The van der Waals surface area contributed by atoms with Crippen LogP contribution in [0, 0.1) is 25.4 Å². The number of aryl methyl sites for hydroxylation is 1. The van der Waals surface area contributed by atoms with Crippen LogP contribution in [0.2, 0.25) is 0 Å². The van der Waals surface area contributed by atoms with Crippen LogP contribution in [0.15, 0.2) is 59.1 Å². The summed E-state index contributed by atoms with van der Waals surface area (Å²) in [6.07, 6.45) is 1.85. The molecule has 0 radical (unpaired) electrons. The second-order valence-electron chi connectivity index (χ2n) is 7.00. The van der Waals surface area contributed by atoms with Crippen LogP contribution in [0.4, 0.5) is 0 Å². The fourth-order valence-electron chi connectivity index (χ4n) is 3.11. The highest BCUT2D eigenvalue weighted by Gasteiger charge is 2.12. The Kier molecular flexibility index (Phi) is 6.99. The van der Waals surface area contributed by atoms with Gasteiger partial charge in [0.1, 0.15) is 24.3 Å². The van der Waals surface area contributed by atoms with Crippen molar-refractivity contribution in [3.63, 3.8) is 0 Å². The van der Waals surface area contributed by atoms with Gasteiger partial charge in [-0.2, -0.15) is 5.26 Å². The first-order valence-corrected chi connectivity index (χ1v) is 12.3. The smallest absolute Gasteiger partial charge is 0.149 e. The molecule has 3 aromatic carbocycles. The van der Waals surface area contributed by atoms with E-state index in [0.717, 1.165) is 45.1 Å². The molecule has 0 amide bonds. The van der Waals surface area contributed by atoms with Crippen molar-refractivity contribution in [3.8, 4) is 11.8 Å². The normalized spacial score (nSPS) is 11.5. The van der Waals surface area contributed by atoms with E-state index in [2.05, 4.69) is 77.1 Å². The summed E-state index contributed by atoms with van der Waals surface area (Å²) in [7, 11) is 0. The van der Waals surface area contributed by atoms with Gasteiger partial charge in [-0.1, -0.05) is 34.1 Å². The summed E-state index contributed by atoms with van der Waals surface area (Å²) in [6, 6.07) is 20.4. The number of imidazole rings is 1. The number of nitrogens with one attached hydrogen (secondary N) is 1. The minimum Gasteiger partial charge on any atom is -0.487 e. The van der Waals surface area contributed by atoms with E-state index in [0.29, 0.717) is 18.0 Å². The molecule has 4 rings (SSSR count). The molecule has 154 valence electrons. The molecule has 1 N–H and O–H groups in total. The number of fused-ring (bicyclic) bond motifs is 1. The van der Waals surface area contributed by atoms with Crippen LogP contribution in [-0.2, 0) is 6.61 Å². The third-order valence-corrected chi connectivity index (χ3v) is 6.77. The summed E-state index contributed by atoms with van der Waals surface area (Å²) in [6.45, 7) is 2.53. The fraction of sp³-hybridized carbons (Fsp3) is 0.0833. The molecule has 0 fully saturated rings. The van der Waals surface area contributed by atoms with Gasteiger partial charge in [0.2, 0.25) is 0 Å². The van der Waals surface area contributed by atoms with Crippen molar-refractivity contribution in [1.29, 1.82) is 5.26 Å². The number of H-pyrrole nitrogens is 1. The average molecular weight is 696 g/mol. The van der Waals surface area contributed by atoms with Crippen molar-refractivity contribution in [2.75, 3.05) is 0 Å².